The summed E-state index contributed by atoms with van der Waals surface area (Å²) < 4.78 is 26.2. The molecule has 1 aliphatic heterocycles. The van der Waals surface area contributed by atoms with Crippen LogP contribution in [-0.4, -0.2) is 17.7 Å². The van der Waals surface area contributed by atoms with E-state index in [9.17, 15) is 9.18 Å². The van der Waals surface area contributed by atoms with Crippen molar-refractivity contribution in [3.63, 3.8) is 0 Å². The quantitative estimate of drug-likeness (QED) is 0.172. The number of hydrogen-bond acceptors (Lipinski definition) is 5. The van der Waals surface area contributed by atoms with Crippen LogP contribution in [0.4, 0.5) is 15.8 Å². The maximum Gasteiger partial charge on any atom is 0.271 e. The van der Waals surface area contributed by atoms with Gasteiger partial charge in [-0.1, -0.05) is 47.5 Å². The van der Waals surface area contributed by atoms with Gasteiger partial charge in [-0.3, -0.25) is 9.69 Å². The predicted molar refractivity (Wildman–Crippen MR) is 179 cm³/mol. The summed E-state index contributed by atoms with van der Waals surface area (Å²) in [6.07, 6.45) is 1.78. The van der Waals surface area contributed by atoms with E-state index in [0.29, 0.717) is 65.2 Å². The molecule has 1 heterocycles. The van der Waals surface area contributed by atoms with Gasteiger partial charge in [-0.2, -0.15) is 0 Å². The first-order valence-corrected chi connectivity index (χ1v) is 15.7. The Hall–Kier alpha value is -3.30. The SMILES string of the molecule is CCOc1cc(/C=C2/SC(=Nc3ccc(C)c(Cl)c3)N(c3ccc(C)c(Cl)c3)C2=O)cc(Br)c1OCc1cccc(F)c1. The van der Waals surface area contributed by atoms with Crippen LogP contribution < -0.4 is 14.4 Å². The van der Waals surface area contributed by atoms with Crippen molar-refractivity contribution in [3.05, 3.63) is 120 Å². The van der Waals surface area contributed by atoms with Crippen LogP contribution in [0, 0.1) is 19.7 Å². The molecule has 0 spiro atoms. The zero-order valence-corrected chi connectivity index (χ0v) is 27.4. The summed E-state index contributed by atoms with van der Waals surface area (Å²) in [7, 11) is 0. The van der Waals surface area contributed by atoms with Crippen LogP contribution in [0.3, 0.4) is 0 Å². The molecule has 10 heteroatoms. The smallest absolute Gasteiger partial charge is 0.271 e. The van der Waals surface area contributed by atoms with E-state index in [1.54, 1.807) is 41.3 Å². The second-order valence-corrected chi connectivity index (χ2v) is 12.4. The molecule has 0 aromatic heterocycles. The van der Waals surface area contributed by atoms with Crippen LogP contribution in [0.5, 0.6) is 11.5 Å². The summed E-state index contributed by atoms with van der Waals surface area (Å²) >= 11 is 17.6. The lowest BCUT2D eigenvalue weighted by atomic mass is 10.1. The van der Waals surface area contributed by atoms with E-state index in [1.807, 2.05) is 51.1 Å². The molecule has 0 aliphatic carbocycles. The molecule has 1 fully saturated rings. The van der Waals surface area contributed by atoms with E-state index in [0.717, 1.165) is 11.1 Å². The lowest BCUT2D eigenvalue weighted by Gasteiger charge is -2.17. The Bertz CT molecular complexity index is 1780. The van der Waals surface area contributed by atoms with Gasteiger partial charge in [0.25, 0.3) is 5.91 Å². The standard InChI is InChI=1S/C33H26BrCl2FN2O3S/c1-4-41-29-14-22(13-26(34)31(29)42-18-21-6-5-7-23(37)12-21)15-30-32(40)39(25-11-9-20(3)28(36)17-25)33(43-30)38-24-10-8-19(2)27(35)16-24/h5-17H,4,18H2,1-3H3/b30-15+,38-33?. The van der Waals surface area contributed by atoms with Crippen LogP contribution in [0.25, 0.3) is 6.08 Å². The summed E-state index contributed by atoms with van der Waals surface area (Å²) in [5.74, 6) is 0.387. The third-order valence-electron chi connectivity index (χ3n) is 6.50. The number of anilines is 1. The van der Waals surface area contributed by atoms with Gasteiger partial charge in [-0.15, -0.1) is 0 Å². The minimum Gasteiger partial charge on any atom is -0.490 e. The maximum atomic E-state index is 13.9. The molecule has 4 aromatic rings. The number of amides is 1. The summed E-state index contributed by atoms with van der Waals surface area (Å²) in [4.78, 5) is 20.7. The van der Waals surface area contributed by atoms with Gasteiger partial charge in [0, 0.05) is 10.0 Å². The van der Waals surface area contributed by atoms with Crippen LogP contribution in [0.15, 0.2) is 87.2 Å². The number of aliphatic imine (C=N–C) groups is 1. The fraction of sp³-hybridized carbons (Fsp3) is 0.152. The number of nitrogens with zero attached hydrogens (tertiary/aromatic N) is 2. The third-order valence-corrected chi connectivity index (χ3v) is 8.87. The molecule has 0 N–H and O–H groups in total. The topological polar surface area (TPSA) is 51.1 Å². The number of carbonyl (C=O) groups is 1. The van der Waals surface area contributed by atoms with Crippen molar-refractivity contribution in [1.82, 2.24) is 0 Å². The van der Waals surface area contributed by atoms with Gasteiger partial charge in [0.2, 0.25) is 0 Å². The number of ether oxygens (including phenoxy) is 2. The summed E-state index contributed by atoms with van der Waals surface area (Å²) in [5.41, 5.74) is 4.46. The van der Waals surface area contributed by atoms with Gasteiger partial charge in [0.05, 0.1) is 27.4 Å². The van der Waals surface area contributed by atoms with E-state index < -0.39 is 0 Å². The lowest BCUT2D eigenvalue weighted by Crippen LogP contribution is -2.28. The Morgan fingerprint density at radius 2 is 1.72 bits per heavy atom. The molecule has 0 saturated carbocycles. The highest BCUT2D eigenvalue weighted by molar-refractivity contribution is 9.10. The van der Waals surface area contributed by atoms with Crippen molar-refractivity contribution in [3.8, 4) is 11.5 Å². The first kappa shape index (κ1) is 31.1. The minimum absolute atomic E-state index is 0.155. The van der Waals surface area contributed by atoms with E-state index in [1.165, 1.54) is 23.9 Å². The number of benzene rings is 4. The number of carbonyl (C=O) groups excluding carboxylic acids is 1. The highest BCUT2D eigenvalue weighted by Crippen LogP contribution is 2.42. The van der Waals surface area contributed by atoms with Gasteiger partial charge >= 0.3 is 0 Å². The fourth-order valence-electron chi connectivity index (χ4n) is 4.27. The van der Waals surface area contributed by atoms with Crippen LogP contribution in [0.1, 0.15) is 29.2 Å². The van der Waals surface area contributed by atoms with Crippen LogP contribution in [0.2, 0.25) is 10.0 Å². The van der Waals surface area contributed by atoms with Crippen molar-refractivity contribution in [1.29, 1.82) is 0 Å². The fourth-order valence-corrected chi connectivity index (χ4v) is 6.19. The van der Waals surface area contributed by atoms with Crippen molar-refractivity contribution < 1.29 is 18.7 Å². The van der Waals surface area contributed by atoms with E-state index in [-0.39, 0.29) is 18.3 Å². The molecule has 220 valence electrons. The molecule has 0 bridgehead atoms. The van der Waals surface area contributed by atoms with Gasteiger partial charge < -0.3 is 9.47 Å². The minimum atomic E-state index is -0.332. The molecular formula is C33H26BrCl2FN2O3S. The van der Waals surface area contributed by atoms with Gasteiger partial charge in [-0.05, 0) is 125 Å². The predicted octanol–water partition coefficient (Wildman–Crippen LogP) is 10.3. The summed E-state index contributed by atoms with van der Waals surface area (Å²) in [6.45, 7) is 6.24. The first-order valence-electron chi connectivity index (χ1n) is 13.3. The van der Waals surface area contributed by atoms with Crippen LogP contribution in [-0.2, 0) is 11.4 Å². The van der Waals surface area contributed by atoms with E-state index in [2.05, 4.69) is 15.9 Å². The molecule has 1 saturated heterocycles. The second kappa shape index (κ2) is 13.6. The number of halogens is 4. The van der Waals surface area contributed by atoms with Gasteiger partial charge in [-0.25, -0.2) is 9.38 Å². The Labute approximate surface area is 272 Å². The highest BCUT2D eigenvalue weighted by atomic mass is 79.9. The average Bonchev–Trinajstić information content (AvgIpc) is 3.26. The molecule has 0 unspecified atom stereocenters. The lowest BCUT2D eigenvalue weighted by molar-refractivity contribution is -0.113. The Morgan fingerprint density at radius 1 is 0.977 bits per heavy atom. The first-order chi connectivity index (χ1) is 20.6. The Kier molecular flexibility index (Phi) is 9.82. The van der Waals surface area contributed by atoms with Crippen LogP contribution >= 0.6 is 50.9 Å². The molecule has 0 atom stereocenters. The number of amidine groups is 1. The van der Waals surface area contributed by atoms with E-state index >= 15 is 0 Å². The number of rotatable bonds is 8. The van der Waals surface area contributed by atoms with E-state index in [4.69, 9.17) is 37.7 Å². The van der Waals surface area contributed by atoms with Crippen molar-refractivity contribution in [2.45, 2.75) is 27.4 Å². The Morgan fingerprint density at radius 3 is 2.42 bits per heavy atom. The summed E-state index contributed by atoms with van der Waals surface area (Å²) in [6, 6.07) is 20.8. The van der Waals surface area contributed by atoms with Crippen molar-refractivity contribution in [2.24, 2.45) is 4.99 Å². The number of hydrogen-bond donors (Lipinski definition) is 0. The van der Waals surface area contributed by atoms with Crippen molar-refractivity contribution >= 4 is 79.4 Å². The van der Waals surface area contributed by atoms with Gasteiger partial charge in [0.1, 0.15) is 12.4 Å². The number of thioether (sulfide) groups is 1. The summed E-state index contributed by atoms with van der Waals surface area (Å²) in [5, 5.41) is 1.60. The molecule has 1 aliphatic rings. The highest BCUT2D eigenvalue weighted by Gasteiger charge is 2.35. The zero-order valence-electron chi connectivity index (χ0n) is 23.5. The molecular weight excluding hydrogens is 674 g/mol. The largest absolute Gasteiger partial charge is 0.490 e. The molecule has 5 rings (SSSR count). The molecule has 43 heavy (non-hydrogen) atoms. The molecule has 1 amide bonds. The Balaban J connectivity index is 1.51. The second-order valence-electron chi connectivity index (χ2n) is 9.69. The average molecular weight is 700 g/mol. The number of aryl methyl sites for hydroxylation is 2. The molecule has 5 nitrogen and oxygen atoms in total. The normalized spacial score (nSPS) is 15.0. The third kappa shape index (κ3) is 7.27. The monoisotopic (exact) mass is 698 g/mol. The maximum absolute atomic E-state index is 13.9. The zero-order chi connectivity index (χ0) is 30.7. The van der Waals surface area contributed by atoms with Crippen molar-refractivity contribution in [2.75, 3.05) is 11.5 Å². The molecule has 0 radical (unpaired) electrons. The molecule has 4 aromatic carbocycles. The van der Waals surface area contributed by atoms with Gasteiger partial charge in [0.15, 0.2) is 16.7 Å².